The fourth-order valence-corrected chi connectivity index (χ4v) is 2.40. The number of unbranched alkanes of at least 4 members (excludes halogenated alkanes) is 4. The number of nitrogens with zero attached hydrogens (tertiary/aromatic N) is 2. The summed E-state index contributed by atoms with van der Waals surface area (Å²) in [7, 11) is 0. The average Bonchev–Trinajstić information content (AvgIpc) is 2.65. The highest BCUT2D eigenvalue weighted by molar-refractivity contribution is 6.29. The molecule has 0 atom stereocenters. The summed E-state index contributed by atoms with van der Waals surface area (Å²) >= 11 is 6.16. The van der Waals surface area contributed by atoms with Gasteiger partial charge >= 0.3 is 0 Å². The predicted molar refractivity (Wildman–Crippen MR) is 73.5 cm³/mol. The zero-order valence-corrected chi connectivity index (χ0v) is 11.1. The molecule has 1 aromatic carbocycles. The van der Waals surface area contributed by atoms with Crippen LogP contribution in [0.4, 0.5) is 0 Å². The Labute approximate surface area is 108 Å². The highest BCUT2D eigenvalue weighted by atomic mass is 35.5. The summed E-state index contributed by atoms with van der Waals surface area (Å²) in [6, 6.07) is 8.13. The van der Waals surface area contributed by atoms with E-state index in [0.29, 0.717) is 5.28 Å². The van der Waals surface area contributed by atoms with Gasteiger partial charge in [-0.1, -0.05) is 44.7 Å². The van der Waals surface area contributed by atoms with Crippen molar-refractivity contribution in [3.8, 4) is 0 Å². The fourth-order valence-electron chi connectivity index (χ4n) is 2.13. The second kappa shape index (κ2) is 6.06. The molecule has 3 heteroatoms. The zero-order valence-electron chi connectivity index (χ0n) is 10.3. The number of para-hydroxylation sites is 2. The van der Waals surface area contributed by atoms with Crippen LogP contribution in [-0.2, 0) is 6.54 Å². The highest BCUT2D eigenvalue weighted by Crippen LogP contribution is 2.20. The smallest absolute Gasteiger partial charge is 0.203 e. The van der Waals surface area contributed by atoms with Crippen molar-refractivity contribution in [1.82, 2.24) is 9.55 Å². The van der Waals surface area contributed by atoms with Crippen molar-refractivity contribution in [2.75, 3.05) is 0 Å². The van der Waals surface area contributed by atoms with E-state index in [9.17, 15) is 0 Å². The Kier molecular flexibility index (Phi) is 4.43. The molecule has 0 fully saturated rings. The standard InChI is InChI=1S/C14H19ClN2/c1-2-3-4-5-8-11-17-13-10-7-6-9-12(13)16-14(17)15/h6-7,9-10H,2-5,8,11H2,1H3. The molecule has 0 radical (unpaired) electrons. The minimum atomic E-state index is 0.613. The third kappa shape index (κ3) is 3.01. The largest absolute Gasteiger partial charge is 0.315 e. The second-order valence-corrected chi connectivity index (χ2v) is 4.77. The van der Waals surface area contributed by atoms with Crippen molar-refractivity contribution in [3.63, 3.8) is 0 Å². The zero-order chi connectivity index (χ0) is 12.1. The molecule has 0 saturated heterocycles. The van der Waals surface area contributed by atoms with Gasteiger partial charge in [-0.2, -0.15) is 0 Å². The number of rotatable bonds is 6. The maximum atomic E-state index is 6.16. The number of imidazole rings is 1. The van der Waals surface area contributed by atoms with E-state index in [2.05, 4.69) is 22.5 Å². The van der Waals surface area contributed by atoms with Gasteiger partial charge in [-0.25, -0.2) is 4.98 Å². The lowest BCUT2D eigenvalue weighted by Gasteiger charge is -2.05. The fraction of sp³-hybridized carbons (Fsp3) is 0.500. The lowest BCUT2D eigenvalue weighted by Crippen LogP contribution is -1.97. The van der Waals surface area contributed by atoms with Crippen molar-refractivity contribution < 1.29 is 0 Å². The van der Waals surface area contributed by atoms with Gasteiger partial charge in [-0.15, -0.1) is 0 Å². The van der Waals surface area contributed by atoms with Gasteiger partial charge in [0.05, 0.1) is 11.0 Å². The van der Waals surface area contributed by atoms with Gasteiger partial charge in [0.25, 0.3) is 0 Å². The molecule has 1 aromatic heterocycles. The van der Waals surface area contributed by atoms with Crippen LogP contribution in [-0.4, -0.2) is 9.55 Å². The molecule has 0 N–H and O–H groups in total. The number of halogens is 1. The third-order valence-electron chi connectivity index (χ3n) is 3.09. The number of aromatic nitrogens is 2. The van der Waals surface area contributed by atoms with Crippen LogP contribution < -0.4 is 0 Å². The quantitative estimate of drug-likeness (QED) is 0.682. The van der Waals surface area contributed by atoms with Crippen molar-refractivity contribution >= 4 is 22.6 Å². The first kappa shape index (κ1) is 12.4. The minimum absolute atomic E-state index is 0.613. The Hall–Kier alpha value is -1.02. The summed E-state index contributed by atoms with van der Waals surface area (Å²) in [4.78, 5) is 4.36. The Balaban J connectivity index is 2.00. The molecule has 0 unspecified atom stereocenters. The van der Waals surface area contributed by atoms with Gasteiger partial charge in [0.1, 0.15) is 0 Å². The molecule has 2 aromatic rings. The lowest BCUT2D eigenvalue weighted by atomic mass is 10.1. The molecule has 0 aliphatic heterocycles. The van der Waals surface area contributed by atoms with Crippen molar-refractivity contribution in [2.24, 2.45) is 0 Å². The highest BCUT2D eigenvalue weighted by Gasteiger charge is 2.07. The molecule has 0 bridgehead atoms. The maximum Gasteiger partial charge on any atom is 0.203 e. The van der Waals surface area contributed by atoms with Gasteiger partial charge in [0.15, 0.2) is 0 Å². The summed E-state index contributed by atoms with van der Waals surface area (Å²) in [6.07, 6.45) is 6.39. The number of aryl methyl sites for hydroxylation is 1. The van der Waals surface area contributed by atoms with E-state index < -0.39 is 0 Å². The van der Waals surface area contributed by atoms with E-state index in [1.54, 1.807) is 0 Å². The van der Waals surface area contributed by atoms with Crippen LogP contribution in [0.3, 0.4) is 0 Å². The molecule has 2 nitrogen and oxygen atoms in total. The normalized spacial score (nSPS) is 11.2. The molecule has 1 heterocycles. The maximum absolute atomic E-state index is 6.16. The first-order valence-corrected chi connectivity index (χ1v) is 6.81. The SMILES string of the molecule is CCCCCCCn1c(Cl)nc2ccccc21. The molecular weight excluding hydrogens is 232 g/mol. The summed E-state index contributed by atoms with van der Waals surface area (Å²) < 4.78 is 2.11. The van der Waals surface area contributed by atoms with Gasteiger partial charge in [-0.3, -0.25) is 0 Å². The molecule has 0 spiro atoms. The summed E-state index contributed by atoms with van der Waals surface area (Å²) in [5.74, 6) is 0. The lowest BCUT2D eigenvalue weighted by molar-refractivity contribution is 0.576. The van der Waals surface area contributed by atoms with Crippen LogP contribution in [0, 0.1) is 0 Å². The monoisotopic (exact) mass is 250 g/mol. The van der Waals surface area contributed by atoms with Crippen molar-refractivity contribution in [2.45, 2.75) is 45.6 Å². The number of benzene rings is 1. The van der Waals surface area contributed by atoms with Gasteiger partial charge in [-0.05, 0) is 30.2 Å². The molecule has 0 aliphatic rings. The van der Waals surface area contributed by atoms with Crippen LogP contribution >= 0.6 is 11.6 Å². The van der Waals surface area contributed by atoms with Gasteiger partial charge < -0.3 is 4.57 Å². The Morgan fingerprint density at radius 3 is 2.71 bits per heavy atom. The number of fused-ring (bicyclic) bond motifs is 1. The van der Waals surface area contributed by atoms with E-state index in [1.807, 2.05) is 18.2 Å². The van der Waals surface area contributed by atoms with E-state index in [4.69, 9.17) is 11.6 Å². The van der Waals surface area contributed by atoms with Crippen LogP contribution in [0.2, 0.25) is 5.28 Å². The topological polar surface area (TPSA) is 17.8 Å². The van der Waals surface area contributed by atoms with Crippen LogP contribution in [0.5, 0.6) is 0 Å². The summed E-state index contributed by atoms with van der Waals surface area (Å²) in [6.45, 7) is 3.21. The summed E-state index contributed by atoms with van der Waals surface area (Å²) in [5.41, 5.74) is 2.14. The Morgan fingerprint density at radius 1 is 1.12 bits per heavy atom. The van der Waals surface area contributed by atoms with E-state index in [0.717, 1.165) is 17.6 Å². The Bertz CT molecular complexity index is 476. The molecule has 92 valence electrons. The summed E-state index contributed by atoms with van der Waals surface area (Å²) in [5, 5.41) is 0.613. The van der Waals surface area contributed by atoms with Crippen molar-refractivity contribution in [3.05, 3.63) is 29.5 Å². The molecular formula is C14H19ClN2. The first-order chi connectivity index (χ1) is 8.33. The molecule has 17 heavy (non-hydrogen) atoms. The third-order valence-corrected chi connectivity index (χ3v) is 3.38. The van der Waals surface area contributed by atoms with Crippen molar-refractivity contribution in [1.29, 1.82) is 0 Å². The molecule has 0 aliphatic carbocycles. The van der Waals surface area contributed by atoms with Crippen LogP contribution in [0.15, 0.2) is 24.3 Å². The first-order valence-electron chi connectivity index (χ1n) is 6.43. The van der Waals surface area contributed by atoms with E-state index >= 15 is 0 Å². The molecule has 0 amide bonds. The average molecular weight is 251 g/mol. The Morgan fingerprint density at radius 2 is 1.88 bits per heavy atom. The van der Waals surface area contributed by atoms with Gasteiger partial charge in [0, 0.05) is 6.54 Å². The van der Waals surface area contributed by atoms with Gasteiger partial charge in [0.2, 0.25) is 5.28 Å². The second-order valence-electron chi connectivity index (χ2n) is 4.44. The minimum Gasteiger partial charge on any atom is -0.315 e. The number of hydrogen-bond acceptors (Lipinski definition) is 1. The molecule has 2 rings (SSSR count). The van der Waals surface area contributed by atoms with E-state index in [-0.39, 0.29) is 0 Å². The predicted octanol–water partition coefficient (Wildman–Crippen LogP) is 4.66. The number of hydrogen-bond donors (Lipinski definition) is 0. The molecule has 0 saturated carbocycles. The van der Waals surface area contributed by atoms with E-state index in [1.165, 1.54) is 32.1 Å². The van der Waals surface area contributed by atoms with Crippen LogP contribution in [0.1, 0.15) is 39.0 Å². The van der Waals surface area contributed by atoms with Crippen LogP contribution in [0.25, 0.3) is 11.0 Å².